The molecule has 60 valence electrons. The highest BCUT2D eigenvalue weighted by Gasteiger charge is 2.16. The molecule has 0 spiro atoms. The van der Waals surface area contributed by atoms with Crippen molar-refractivity contribution in [1.29, 1.82) is 0 Å². The summed E-state index contributed by atoms with van der Waals surface area (Å²) in [5, 5.41) is 0.547. The smallest absolute Gasteiger partial charge is 0.187 e. The molecule has 0 fully saturated rings. The van der Waals surface area contributed by atoms with E-state index in [0.29, 0.717) is 10.6 Å². The lowest BCUT2D eigenvalue weighted by molar-refractivity contribution is 0.104. The Bertz CT molecular complexity index is 391. The van der Waals surface area contributed by atoms with E-state index in [1.54, 1.807) is 12.1 Å². The largest absolute Gasteiger partial charge is 0.289 e. The topological polar surface area (TPSA) is 17.1 Å². The summed E-state index contributed by atoms with van der Waals surface area (Å²) in [4.78, 5) is 11.3. The first-order valence-electron chi connectivity index (χ1n) is 3.71. The monoisotopic (exact) mass is 178 g/mol. The van der Waals surface area contributed by atoms with E-state index in [4.69, 9.17) is 11.6 Å². The molecular weight excluding hydrogens is 172 g/mol. The summed E-state index contributed by atoms with van der Waals surface area (Å²) >= 11 is 5.88. The lowest BCUT2D eigenvalue weighted by atomic mass is 9.94. The van der Waals surface area contributed by atoms with Crippen molar-refractivity contribution in [2.45, 2.75) is 6.92 Å². The van der Waals surface area contributed by atoms with Crippen LogP contribution >= 0.6 is 11.6 Å². The van der Waals surface area contributed by atoms with Crippen LogP contribution in [0.1, 0.15) is 21.5 Å². The lowest BCUT2D eigenvalue weighted by Gasteiger charge is -2.12. The van der Waals surface area contributed by atoms with Crippen molar-refractivity contribution in [2.24, 2.45) is 0 Å². The van der Waals surface area contributed by atoms with E-state index >= 15 is 0 Å². The van der Waals surface area contributed by atoms with Crippen LogP contribution in [0.4, 0.5) is 0 Å². The number of benzene rings is 1. The Balaban J connectivity index is 2.82. The minimum atomic E-state index is 0.00519. The van der Waals surface area contributed by atoms with E-state index in [1.165, 1.54) is 0 Å². The van der Waals surface area contributed by atoms with Gasteiger partial charge in [-0.25, -0.2) is 0 Å². The maximum Gasteiger partial charge on any atom is 0.187 e. The number of halogens is 1. The first kappa shape index (κ1) is 7.56. The number of rotatable bonds is 0. The molecule has 0 aliphatic heterocycles. The fourth-order valence-electron chi connectivity index (χ4n) is 1.43. The first-order chi connectivity index (χ1) is 5.70. The maximum absolute atomic E-state index is 11.3. The van der Waals surface area contributed by atoms with Gasteiger partial charge in [0.15, 0.2) is 5.78 Å². The molecule has 0 atom stereocenters. The second kappa shape index (κ2) is 2.46. The fourth-order valence-corrected chi connectivity index (χ4v) is 1.72. The van der Waals surface area contributed by atoms with Gasteiger partial charge in [0.1, 0.15) is 0 Å². The third kappa shape index (κ3) is 0.901. The number of allylic oxidation sites excluding steroid dienone is 1. The summed E-state index contributed by atoms with van der Waals surface area (Å²) in [6, 6.07) is 3.69. The van der Waals surface area contributed by atoms with Gasteiger partial charge >= 0.3 is 0 Å². The lowest BCUT2D eigenvalue weighted by Crippen LogP contribution is -2.04. The molecule has 1 nitrogen and oxygen atoms in total. The van der Waals surface area contributed by atoms with Gasteiger partial charge in [0, 0.05) is 5.56 Å². The van der Waals surface area contributed by atoms with Gasteiger partial charge in [-0.1, -0.05) is 23.7 Å². The summed E-state index contributed by atoms with van der Waals surface area (Å²) in [5.41, 5.74) is 2.71. The van der Waals surface area contributed by atoms with Gasteiger partial charge in [-0.3, -0.25) is 4.79 Å². The number of carbonyl (C=O) groups excluding carboxylic acids is 1. The molecule has 1 aliphatic carbocycles. The van der Waals surface area contributed by atoms with Crippen LogP contribution in [-0.4, -0.2) is 5.78 Å². The average Bonchev–Trinajstić information content (AvgIpc) is 2.01. The van der Waals surface area contributed by atoms with E-state index in [9.17, 15) is 4.79 Å². The van der Waals surface area contributed by atoms with Crippen molar-refractivity contribution in [1.82, 2.24) is 0 Å². The van der Waals surface area contributed by atoms with Gasteiger partial charge in [-0.15, -0.1) is 0 Å². The molecule has 2 heteroatoms. The van der Waals surface area contributed by atoms with E-state index in [1.807, 2.05) is 19.1 Å². The highest BCUT2D eigenvalue weighted by Crippen LogP contribution is 2.27. The van der Waals surface area contributed by atoms with Crippen LogP contribution < -0.4 is 0 Å². The second-order valence-electron chi connectivity index (χ2n) is 2.83. The molecule has 0 saturated carbocycles. The Morgan fingerprint density at radius 2 is 2.00 bits per heavy atom. The quantitative estimate of drug-likeness (QED) is 0.597. The summed E-state index contributed by atoms with van der Waals surface area (Å²) in [6.07, 6.45) is 3.38. The predicted molar refractivity (Wildman–Crippen MR) is 49.6 cm³/mol. The molecule has 1 aliphatic rings. The number of hydrogen-bond donors (Lipinski definition) is 0. The Labute approximate surface area is 75.7 Å². The summed E-state index contributed by atoms with van der Waals surface area (Å²) in [5.74, 6) is 0.00519. The van der Waals surface area contributed by atoms with Crippen LogP contribution in [0.2, 0.25) is 5.02 Å². The van der Waals surface area contributed by atoms with Crippen molar-refractivity contribution in [3.05, 3.63) is 39.9 Å². The molecule has 0 heterocycles. The molecule has 2 bridgehead atoms. The molecule has 0 N–H and O–H groups in total. The van der Waals surface area contributed by atoms with E-state index in [2.05, 4.69) is 0 Å². The Kier molecular flexibility index (Phi) is 1.55. The fraction of sp³-hybridized carbons (Fsp3) is 0.100. The molecule has 0 aromatic heterocycles. The van der Waals surface area contributed by atoms with Gasteiger partial charge in [0.25, 0.3) is 0 Å². The highest BCUT2D eigenvalue weighted by atomic mass is 35.5. The molecule has 0 saturated heterocycles. The number of fused-ring (bicyclic) bond motifs is 2. The first-order valence-corrected chi connectivity index (χ1v) is 4.09. The zero-order valence-electron chi connectivity index (χ0n) is 6.60. The van der Waals surface area contributed by atoms with Crippen molar-refractivity contribution >= 4 is 23.5 Å². The Morgan fingerprint density at radius 3 is 2.67 bits per heavy atom. The summed E-state index contributed by atoms with van der Waals surface area (Å²) in [6.45, 7) is 1.91. The molecule has 0 amide bonds. The molecule has 1 aromatic carbocycles. The third-order valence-corrected chi connectivity index (χ3v) is 2.43. The van der Waals surface area contributed by atoms with Crippen LogP contribution in [0.25, 0.3) is 6.08 Å². The van der Waals surface area contributed by atoms with Gasteiger partial charge in [0.05, 0.1) is 5.02 Å². The standard InChI is InChI=1S/C10H7ClO/c1-6-7-2-4-8(11)10(6)9(12)5-3-7/h2-5H,1H3. The SMILES string of the molecule is Cc1c2ccc(Cl)c1C(=O)C=C2. The number of ketones is 1. The van der Waals surface area contributed by atoms with E-state index in [0.717, 1.165) is 11.1 Å². The molecular formula is C10H7ClO. The maximum atomic E-state index is 11.3. The van der Waals surface area contributed by atoms with Crippen molar-refractivity contribution in [3.63, 3.8) is 0 Å². The van der Waals surface area contributed by atoms with Gasteiger partial charge in [-0.05, 0) is 30.2 Å². The van der Waals surface area contributed by atoms with Crippen LogP contribution in [0.5, 0.6) is 0 Å². The minimum Gasteiger partial charge on any atom is -0.289 e. The van der Waals surface area contributed by atoms with Crippen molar-refractivity contribution in [3.8, 4) is 0 Å². The predicted octanol–water partition coefficient (Wildman–Crippen LogP) is 2.86. The van der Waals surface area contributed by atoms with Crippen LogP contribution in [0.15, 0.2) is 18.2 Å². The third-order valence-electron chi connectivity index (χ3n) is 2.12. The highest BCUT2D eigenvalue weighted by molar-refractivity contribution is 6.35. The summed E-state index contributed by atoms with van der Waals surface area (Å²) in [7, 11) is 0. The number of carbonyl (C=O) groups is 1. The molecule has 1 aromatic rings. The van der Waals surface area contributed by atoms with Gasteiger partial charge in [0.2, 0.25) is 0 Å². The van der Waals surface area contributed by atoms with E-state index < -0.39 is 0 Å². The minimum absolute atomic E-state index is 0.00519. The Hall–Kier alpha value is -1.08. The van der Waals surface area contributed by atoms with Crippen molar-refractivity contribution in [2.75, 3.05) is 0 Å². The van der Waals surface area contributed by atoms with Crippen LogP contribution in [-0.2, 0) is 0 Å². The van der Waals surface area contributed by atoms with E-state index in [-0.39, 0.29) is 5.78 Å². The number of hydrogen-bond acceptors (Lipinski definition) is 1. The van der Waals surface area contributed by atoms with Gasteiger partial charge in [-0.2, -0.15) is 0 Å². The normalized spacial score (nSPS) is 13.7. The second-order valence-corrected chi connectivity index (χ2v) is 3.24. The molecule has 12 heavy (non-hydrogen) atoms. The van der Waals surface area contributed by atoms with Crippen molar-refractivity contribution < 1.29 is 4.79 Å². The van der Waals surface area contributed by atoms with Crippen LogP contribution in [0, 0.1) is 6.92 Å². The molecule has 0 unspecified atom stereocenters. The zero-order chi connectivity index (χ0) is 8.72. The Morgan fingerprint density at radius 1 is 1.25 bits per heavy atom. The zero-order valence-corrected chi connectivity index (χ0v) is 7.35. The average molecular weight is 179 g/mol. The molecule has 0 radical (unpaired) electrons. The molecule has 2 rings (SSSR count). The van der Waals surface area contributed by atoms with Crippen LogP contribution in [0.3, 0.4) is 0 Å². The summed E-state index contributed by atoms with van der Waals surface area (Å²) < 4.78 is 0. The van der Waals surface area contributed by atoms with Gasteiger partial charge < -0.3 is 0 Å².